The van der Waals surface area contributed by atoms with Crippen LogP contribution in [0.4, 0.5) is 0 Å². The Labute approximate surface area is 119 Å². The van der Waals surface area contributed by atoms with Crippen LogP contribution < -0.4 is 0 Å². The number of benzene rings is 1. The highest BCUT2D eigenvalue weighted by molar-refractivity contribution is 5.87. The van der Waals surface area contributed by atoms with E-state index in [2.05, 4.69) is 19.6 Å². The van der Waals surface area contributed by atoms with Gasteiger partial charge in [0, 0.05) is 18.0 Å². The van der Waals surface area contributed by atoms with Crippen molar-refractivity contribution >= 4 is 29.3 Å². The van der Waals surface area contributed by atoms with E-state index < -0.39 is 0 Å². The Kier molecular flexibility index (Phi) is 5.19. The van der Waals surface area contributed by atoms with Crippen LogP contribution in [0.1, 0.15) is 18.2 Å². The number of likely N-dealkylation sites (N-methyl/N-ethyl adjacent to an activating group) is 1. The van der Waals surface area contributed by atoms with Crippen LogP contribution in [0.15, 0.2) is 41.3 Å². The Morgan fingerprint density at radius 3 is 2.74 bits per heavy atom. The van der Waals surface area contributed by atoms with Gasteiger partial charge < -0.3 is 9.32 Å². The Bertz CT molecular complexity index is 589. The van der Waals surface area contributed by atoms with E-state index in [1.54, 1.807) is 11.9 Å². The molecule has 0 N–H and O–H groups in total. The Hall–Kier alpha value is -1.74. The molecule has 1 heterocycles. The number of nitrogens with zero attached hydrogens (tertiary/aromatic N) is 1. The van der Waals surface area contributed by atoms with Gasteiger partial charge in [-0.2, -0.15) is 0 Å². The molecule has 0 spiro atoms. The Balaban J connectivity index is 0.00000180. The van der Waals surface area contributed by atoms with Gasteiger partial charge in [-0.3, -0.25) is 4.79 Å². The fourth-order valence-corrected chi connectivity index (χ4v) is 2.11. The highest BCUT2D eigenvalue weighted by atomic mass is 35.5. The number of hydrogen-bond acceptors (Lipinski definition) is 2. The van der Waals surface area contributed by atoms with Crippen molar-refractivity contribution in [2.75, 3.05) is 7.05 Å². The zero-order valence-corrected chi connectivity index (χ0v) is 12.0. The summed E-state index contributed by atoms with van der Waals surface area (Å²) < 4.78 is 5.83. The molecule has 0 saturated heterocycles. The lowest BCUT2D eigenvalue weighted by Crippen LogP contribution is -2.24. The number of amides is 1. The van der Waals surface area contributed by atoms with Crippen molar-refractivity contribution < 1.29 is 9.21 Å². The number of aryl methyl sites for hydroxylation is 1. The first kappa shape index (κ1) is 15.3. The zero-order chi connectivity index (χ0) is 13.1. The Morgan fingerprint density at radius 2 is 2.11 bits per heavy atom. The molecule has 0 atom stereocenters. The summed E-state index contributed by atoms with van der Waals surface area (Å²) in [7, 11) is 1.75. The van der Waals surface area contributed by atoms with Gasteiger partial charge in [-0.25, -0.2) is 0 Å². The first-order chi connectivity index (χ1) is 8.67. The lowest BCUT2D eigenvalue weighted by Gasteiger charge is -2.13. The maximum atomic E-state index is 11.5. The van der Waals surface area contributed by atoms with E-state index in [1.165, 1.54) is 11.6 Å². The molecule has 0 bridgehead atoms. The second kappa shape index (κ2) is 6.43. The minimum absolute atomic E-state index is 0. The largest absolute Gasteiger partial charge is 0.459 e. The first-order valence-electron chi connectivity index (χ1n) is 6.04. The number of rotatable bonds is 4. The fourth-order valence-electron chi connectivity index (χ4n) is 2.11. The second-order valence-corrected chi connectivity index (χ2v) is 4.25. The molecule has 0 aliphatic heterocycles. The standard InChI is InChI=1S/C15H17NO2.ClH/c1-4-11-12-8-6-7-9-13(12)18-14(11)10-16(3)15(17)5-2;/h5-9H,2,4,10H2,1,3H3;1H. The molecule has 0 fully saturated rings. The molecule has 19 heavy (non-hydrogen) atoms. The summed E-state index contributed by atoms with van der Waals surface area (Å²) >= 11 is 0. The van der Waals surface area contributed by atoms with Crippen LogP contribution in [0.2, 0.25) is 0 Å². The van der Waals surface area contributed by atoms with Crippen molar-refractivity contribution in [2.45, 2.75) is 19.9 Å². The number of para-hydroxylation sites is 1. The van der Waals surface area contributed by atoms with Crippen LogP contribution in [0.5, 0.6) is 0 Å². The molecule has 1 aromatic heterocycles. The van der Waals surface area contributed by atoms with Gasteiger partial charge in [0.15, 0.2) is 0 Å². The highest BCUT2D eigenvalue weighted by Gasteiger charge is 2.15. The lowest BCUT2D eigenvalue weighted by atomic mass is 10.1. The summed E-state index contributed by atoms with van der Waals surface area (Å²) in [6.45, 7) is 6.06. The average Bonchev–Trinajstić information content (AvgIpc) is 2.74. The molecule has 0 saturated carbocycles. The van der Waals surface area contributed by atoms with Gasteiger partial charge in [-0.1, -0.05) is 31.7 Å². The van der Waals surface area contributed by atoms with Crippen molar-refractivity contribution in [2.24, 2.45) is 0 Å². The predicted octanol–water partition coefficient (Wildman–Crippen LogP) is 3.56. The van der Waals surface area contributed by atoms with E-state index >= 15 is 0 Å². The van der Waals surface area contributed by atoms with Crippen molar-refractivity contribution in [3.63, 3.8) is 0 Å². The van der Waals surface area contributed by atoms with Crippen molar-refractivity contribution in [3.8, 4) is 0 Å². The van der Waals surface area contributed by atoms with E-state index in [1.807, 2.05) is 18.2 Å². The SMILES string of the molecule is C=CC(=O)N(C)Cc1oc2ccccc2c1CC.Cl. The molecule has 3 nitrogen and oxygen atoms in total. The smallest absolute Gasteiger partial charge is 0.246 e. The summed E-state index contributed by atoms with van der Waals surface area (Å²) in [5, 5.41) is 1.13. The minimum Gasteiger partial charge on any atom is -0.459 e. The van der Waals surface area contributed by atoms with Gasteiger partial charge in [-0.15, -0.1) is 12.4 Å². The average molecular weight is 280 g/mol. The predicted molar refractivity (Wildman–Crippen MR) is 79.5 cm³/mol. The topological polar surface area (TPSA) is 33.5 Å². The maximum absolute atomic E-state index is 11.5. The van der Waals surface area contributed by atoms with Crippen LogP contribution in [0, 0.1) is 0 Å². The normalized spacial score (nSPS) is 10.0. The molecule has 1 aromatic carbocycles. The first-order valence-corrected chi connectivity index (χ1v) is 6.04. The van der Waals surface area contributed by atoms with Gasteiger partial charge in [0.25, 0.3) is 0 Å². The molecule has 4 heteroatoms. The number of carbonyl (C=O) groups is 1. The number of fused-ring (bicyclic) bond motifs is 1. The van der Waals surface area contributed by atoms with Crippen molar-refractivity contribution in [3.05, 3.63) is 48.2 Å². The molecule has 0 aliphatic rings. The van der Waals surface area contributed by atoms with E-state index in [0.29, 0.717) is 6.54 Å². The van der Waals surface area contributed by atoms with Crippen LogP contribution >= 0.6 is 12.4 Å². The lowest BCUT2D eigenvalue weighted by molar-refractivity contribution is -0.125. The molecule has 2 rings (SSSR count). The van der Waals surface area contributed by atoms with Crippen molar-refractivity contribution in [1.29, 1.82) is 0 Å². The third-order valence-corrected chi connectivity index (χ3v) is 3.07. The highest BCUT2D eigenvalue weighted by Crippen LogP contribution is 2.27. The summed E-state index contributed by atoms with van der Waals surface area (Å²) in [5.74, 6) is 0.758. The second-order valence-electron chi connectivity index (χ2n) is 4.25. The minimum atomic E-state index is -0.0995. The molecule has 2 aromatic rings. The van der Waals surface area contributed by atoms with E-state index in [-0.39, 0.29) is 18.3 Å². The number of carbonyl (C=O) groups excluding carboxylic acids is 1. The molecule has 0 unspecified atom stereocenters. The van der Waals surface area contributed by atoms with Crippen LogP contribution in [0.3, 0.4) is 0 Å². The van der Waals surface area contributed by atoms with Gasteiger partial charge in [0.05, 0.1) is 6.54 Å². The molecule has 0 aliphatic carbocycles. The fraction of sp³-hybridized carbons (Fsp3) is 0.267. The quantitative estimate of drug-likeness (QED) is 0.802. The summed E-state index contributed by atoms with van der Waals surface area (Å²) in [6, 6.07) is 7.96. The van der Waals surface area contributed by atoms with E-state index in [4.69, 9.17) is 4.42 Å². The third-order valence-electron chi connectivity index (χ3n) is 3.07. The maximum Gasteiger partial charge on any atom is 0.246 e. The molecular weight excluding hydrogens is 262 g/mol. The molecule has 1 amide bonds. The number of furan rings is 1. The molecule has 0 radical (unpaired) electrons. The van der Waals surface area contributed by atoms with Gasteiger partial charge in [0.2, 0.25) is 5.91 Å². The summed E-state index contributed by atoms with van der Waals surface area (Å²) in [4.78, 5) is 13.1. The van der Waals surface area contributed by atoms with E-state index in [9.17, 15) is 4.79 Å². The van der Waals surface area contributed by atoms with Gasteiger partial charge in [0.1, 0.15) is 11.3 Å². The van der Waals surface area contributed by atoms with Gasteiger partial charge in [-0.05, 0) is 18.6 Å². The Morgan fingerprint density at radius 1 is 1.42 bits per heavy atom. The third kappa shape index (κ3) is 2.99. The van der Waals surface area contributed by atoms with Crippen LogP contribution in [0.25, 0.3) is 11.0 Å². The van der Waals surface area contributed by atoms with Crippen LogP contribution in [-0.2, 0) is 17.8 Å². The van der Waals surface area contributed by atoms with Gasteiger partial charge >= 0.3 is 0 Å². The summed E-state index contributed by atoms with van der Waals surface area (Å²) in [6.07, 6.45) is 2.21. The number of hydrogen-bond donors (Lipinski definition) is 0. The van der Waals surface area contributed by atoms with Crippen LogP contribution in [-0.4, -0.2) is 17.9 Å². The van der Waals surface area contributed by atoms with Crippen molar-refractivity contribution in [1.82, 2.24) is 4.90 Å². The summed E-state index contributed by atoms with van der Waals surface area (Å²) in [5.41, 5.74) is 2.05. The molecular formula is C15H18ClNO2. The van der Waals surface area contributed by atoms with E-state index in [0.717, 1.165) is 23.2 Å². The molecule has 102 valence electrons. The number of halogens is 1. The zero-order valence-electron chi connectivity index (χ0n) is 11.2. The monoisotopic (exact) mass is 279 g/mol.